The van der Waals surface area contributed by atoms with Gasteiger partial charge in [0.15, 0.2) is 0 Å². The van der Waals surface area contributed by atoms with Crippen LogP contribution in [0.3, 0.4) is 0 Å². The van der Waals surface area contributed by atoms with Gasteiger partial charge in [-0.15, -0.1) is 0 Å². The van der Waals surface area contributed by atoms with E-state index < -0.39 is 17.6 Å². The second-order valence-corrected chi connectivity index (χ2v) is 10.8. The van der Waals surface area contributed by atoms with E-state index in [2.05, 4.69) is 64.8 Å². The number of aryl methyl sites for hydroxylation is 1. The number of hydrogen-bond acceptors (Lipinski definition) is 6. The lowest BCUT2D eigenvalue weighted by Crippen LogP contribution is -2.56. The van der Waals surface area contributed by atoms with E-state index in [1.165, 1.54) is 50.0 Å². The first-order chi connectivity index (χ1) is 20.4. The van der Waals surface area contributed by atoms with Crippen LogP contribution >= 0.6 is 0 Å². The van der Waals surface area contributed by atoms with Crippen LogP contribution in [0.15, 0.2) is 78.9 Å². The first-order valence-electron chi connectivity index (χ1n) is 14.3. The predicted octanol–water partition coefficient (Wildman–Crippen LogP) is 4.64. The molecule has 5 aromatic carbocycles. The molecular weight excluding hydrogens is 532 g/mol. The number of aliphatic hydroxyl groups is 1. The highest BCUT2D eigenvalue weighted by atomic mass is 16.6. The van der Waals surface area contributed by atoms with Gasteiger partial charge in [-0.3, -0.25) is 19.7 Å². The minimum absolute atomic E-state index is 0.0324. The fourth-order valence-corrected chi connectivity index (χ4v) is 6.10. The van der Waals surface area contributed by atoms with Crippen molar-refractivity contribution in [3.63, 3.8) is 0 Å². The number of nitrogens with zero attached hydrogens (tertiary/aromatic N) is 3. The third kappa shape index (κ3) is 5.31. The van der Waals surface area contributed by atoms with Gasteiger partial charge in [0.2, 0.25) is 11.8 Å². The summed E-state index contributed by atoms with van der Waals surface area (Å²) in [4.78, 5) is 40.1. The fraction of sp³-hybridized carbons (Fsp3) is 0.273. The summed E-state index contributed by atoms with van der Waals surface area (Å²) < 4.78 is 0. The molecular formula is C33H32N4O5. The summed E-state index contributed by atoms with van der Waals surface area (Å²) in [6, 6.07) is 24.6. The highest BCUT2D eigenvalue weighted by Crippen LogP contribution is 2.36. The zero-order chi connectivity index (χ0) is 29.2. The average molecular weight is 565 g/mol. The van der Waals surface area contributed by atoms with E-state index in [4.69, 9.17) is 0 Å². The number of nitrogens with one attached hydrogen (secondary N) is 1. The molecule has 2 N–H and O–H groups in total. The fourth-order valence-electron chi connectivity index (χ4n) is 6.10. The lowest BCUT2D eigenvalue weighted by Gasteiger charge is -2.37. The minimum Gasteiger partial charge on any atom is -0.394 e. The highest BCUT2D eigenvalue weighted by molar-refractivity contribution is 6.23. The Kier molecular flexibility index (Phi) is 7.58. The second kappa shape index (κ2) is 11.6. The van der Waals surface area contributed by atoms with Gasteiger partial charge in [-0.25, -0.2) is 0 Å². The van der Waals surface area contributed by atoms with Gasteiger partial charge < -0.3 is 20.2 Å². The van der Waals surface area contributed by atoms with Gasteiger partial charge in [-0.05, 0) is 62.9 Å². The van der Waals surface area contributed by atoms with Crippen molar-refractivity contribution < 1.29 is 19.6 Å². The largest absolute Gasteiger partial charge is 0.394 e. The summed E-state index contributed by atoms with van der Waals surface area (Å²) in [5.74, 6) is -0.564. The van der Waals surface area contributed by atoms with E-state index in [0.717, 1.165) is 12.1 Å². The van der Waals surface area contributed by atoms with Gasteiger partial charge >= 0.3 is 0 Å². The van der Waals surface area contributed by atoms with E-state index in [9.17, 15) is 24.8 Å². The number of rotatable bonds is 9. The molecule has 1 saturated heterocycles. The zero-order valence-electron chi connectivity index (χ0n) is 23.2. The van der Waals surface area contributed by atoms with Crippen molar-refractivity contribution in [3.05, 3.63) is 94.5 Å². The molecule has 0 bridgehead atoms. The smallest absolute Gasteiger partial charge is 0.269 e. The van der Waals surface area contributed by atoms with Crippen LogP contribution in [-0.4, -0.2) is 65.6 Å². The number of amides is 2. The van der Waals surface area contributed by atoms with Crippen LogP contribution in [0.1, 0.15) is 18.4 Å². The number of nitro groups is 1. The summed E-state index contributed by atoms with van der Waals surface area (Å²) in [6.07, 6.45) is 1.60. The Hall–Kier alpha value is -4.76. The molecule has 214 valence electrons. The number of non-ortho nitro benzene ring substituents is 1. The van der Waals surface area contributed by atoms with Crippen molar-refractivity contribution in [2.45, 2.75) is 25.3 Å². The third-order valence-electron chi connectivity index (χ3n) is 8.30. The molecule has 9 nitrogen and oxygen atoms in total. The van der Waals surface area contributed by atoms with Gasteiger partial charge in [0, 0.05) is 50.4 Å². The summed E-state index contributed by atoms with van der Waals surface area (Å²) in [7, 11) is 0. The van der Waals surface area contributed by atoms with Crippen LogP contribution in [0.2, 0.25) is 0 Å². The molecule has 2 amide bonds. The number of hydrogen-bond donors (Lipinski definition) is 2. The van der Waals surface area contributed by atoms with Crippen molar-refractivity contribution in [2.75, 3.05) is 37.7 Å². The topological polar surface area (TPSA) is 116 Å². The van der Waals surface area contributed by atoms with Gasteiger partial charge in [-0.1, -0.05) is 54.6 Å². The van der Waals surface area contributed by atoms with Crippen molar-refractivity contribution in [1.29, 1.82) is 0 Å². The summed E-state index contributed by atoms with van der Waals surface area (Å²) >= 11 is 0. The van der Waals surface area contributed by atoms with Crippen LogP contribution in [0.4, 0.5) is 11.4 Å². The molecule has 1 aliphatic rings. The molecule has 1 fully saturated rings. The number of benzene rings is 5. The maximum absolute atomic E-state index is 13.1. The van der Waals surface area contributed by atoms with Gasteiger partial charge in [0.25, 0.3) is 5.69 Å². The lowest BCUT2D eigenvalue weighted by molar-refractivity contribution is -0.384. The normalized spacial score (nSPS) is 14.5. The number of carbonyl (C=O) groups is 2. The second-order valence-electron chi connectivity index (χ2n) is 10.8. The number of nitro benzene ring substituents is 1. The lowest BCUT2D eigenvalue weighted by atomic mass is 9.90. The van der Waals surface area contributed by atoms with Crippen molar-refractivity contribution in [1.82, 2.24) is 10.2 Å². The van der Waals surface area contributed by atoms with E-state index in [-0.39, 0.29) is 23.9 Å². The Bertz CT molecular complexity index is 1750. The Labute approximate surface area is 242 Å². The highest BCUT2D eigenvalue weighted by Gasteiger charge is 2.28. The number of aliphatic hydroxyl groups excluding tert-OH is 1. The molecule has 0 radical (unpaired) electrons. The predicted molar refractivity (Wildman–Crippen MR) is 164 cm³/mol. The van der Waals surface area contributed by atoms with Crippen molar-refractivity contribution >= 4 is 55.5 Å². The molecule has 0 aliphatic carbocycles. The van der Waals surface area contributed by atoms with Crippen LogP contribution in [0.5, 0.6) is 0 Å². The quantitative estimate of drug-likeness (QED) is 0.153. The first kappa shape index (κ1) is 27.4. The summed E-state index contributed by atoms with van der Waals surface area (Å²) in [5, 5.41) is 30.9. The molecule has 1 heterocycles. The zero-order valence-corrected chi connectivity index (χ0v) is 23.2. The molecule has 1 aliphatic heterocycles. The molecule has 0 unspecified atom stereocenters. The molecule has 0 spiro atoms. The average Bonchev–Trinajstić information content (AvgIpc) is 3.03. The molecule has 6 rings (SSSR count). The molecule has 1 atom stereocenters. The molecule has 9 heteroatoms. The number of piperazine rings is 1. The van der Waals surface area contributed by atoms with Crippen LogP contribution in [-0.2, 0) is 16.0 Å². The molecule has 42 heavy (non-hydrogen) atoms. The SMILES string of the molecule is O=C(CCCc1ccc2ccc3cccc4ccc1c2c34)N[C@@H](CO)C(=O)N1CCN(c2ccc([N+](=O)[O-])cc2)CC1. The Morgan fingerprint density at radius 3 is 2.17 bits per heavy atom. The van der Waals surface area contributed by atoms with Gasteiger partial charge in [-0.2, -0.15) is 0 Å². The van der Waals surface area contributed by atoms with E-state index >= 15 is 0 Å². The molecule has 5 aromatic rings. The van der Waals surface area contributed by atoms with Crippen molar-refractivity contribution in [3.8, 4) is 0 Å². The maximum atomic E-state index is 13.1. The molecule has 0 aromatic heterocycles. The maximum Gasteiger partial charge on any atom is 0.269 e. The minimum atomic E-state index is -0.988. The first-order valence-corrected chi connectivity index (χ1v) is 14.3. The van der Waals surface area contributed by atoms with Crippen molar-refractivity contribution in [2.24, 2.45) is 0 Å². The van der Waals surface area contributed by atoms with Crippen LogP contribution < -0.4 is 10.2 Å². The Balaban J connectivity index is 1.03. The monoisotopic (exact) mass is 564 g/mol. The summed E-state index contributed by atoms with van der Waals surface area (Å²) in [5.41, 5.74) is 2.07. The van der Waals surface area contributed by atoms with Crippen LogP contribution in [0, 0.1) is 10.1 Å². The Morgan fingerprint density at radius 1 is 0.857 bits per heavy atom. The molecule has 0 saturated carbocycles. The summed E-state index contributed by atoms with van der Waals surface area (Å²) in [6.45, 7) is 1.49. The number of carbonyl (C=O) groups excluding carboxylic acids is 2. The standard InChI is InChI=1S/C33H32N4O5/c38-21-29(33(40)36-19-17-35(18-20-36)26-12-14-27(15-13-26)37(41)42)34-30(39)6-2-3-22-7-8-25-10-9-23-4-1-5-24-11-16-28(22)32(25)31(23)24/h1,4-5,7-16,29,38H,2-3,6,17-21H2,(H,34,39)/t29-/m0/s1. The van der Waals surface area contributed by atoms with E-state index in [1.807, 2.05) is 0 Å². The van der Waals surface area contributed by atoms with Gasteiger partial charge in [0.1, 0.15) is 6.04 Å². The number of anilines is 1. The van der Waals surface area contributed by atoms with E-state index in [0.29, 0.717) is 32.6 Å². The Morgan fingerprint density at radius 2 is 1.50 bits per heavy atom. The van der Waals surface area contributed by atoms with Crippen LogP contribution in [0.25, 0.3) is 32.3 Å². The third-order valence-corrected chi connectivity index (χ3v) is 8.30. The van der Waals surface area contributed by atoms with E-state index in [1.54, 1.807) is 17.0 Å². The van der Waals surface area contributed by atoms with Gasteiger partial charge in [0.05, 0.1) is 11.5 Å².